The van der Waals surface area contributed by atoms with E-state index in [1.165, 1.54) is 6.21 Å². The average molecular weight is 487 g/mol. The molecule has 1 fully saturated rings. The van der Waals surface area contributed by atoms with Crippen molar-refractivity contribution >= 4 is 46.6 Å². The summed E-state index contributed by atoms with van der Waals surface area (Å²) in [4.78, 5) is 36.9. The number of aryl methyl sites for hydroxylation is 1. The maximum Gasteiger partial charge on any atom is 0.343 e. The highest BCUT2D eigenvalue weighted by Crippen LogP contribution is 2.23. The third-order valence-corrected chi connectivity index (χ3v) is 6.03. The molecule has 0 saturated carbocycles. The molecule has 1 atom stereocenters. The summed E-state index contributed by atoms with van der Waals surface area (Å²) in [5, 5.41) is 13.1. The molecule has 3 aromatic rings. The van der Waals surface area contributed by atoms with Crippen molar-refractivity contribution in [2.24, 2.45) is 10.2 Å². The molecular formula is C26H22N4O4S. The summed E-state index contributed by atoms with van der Waals surface area (Å²) in [6.07, 6.45) is 1.44. The minimum atomic E-state index is -0.601. The molecule has 1 saturated heterocycles. The lowest BCUT2D eigenvalue weighted by Gasteiger charge is -2.07. The Labute approximate surface area is 206 Å². The number of hydrogen-bond donors (Lipinski definition) is 2. The minimum absolute atomic E-state index is 0.00588. The molecule has 9 heteroatoms. The minimum Gasteiger partial charge on any atom is -0.422 e. The van der Waals surface area contributed by atoms with Crippen LogP contribution >= 0.6 is 11.8 Å². The van der Waals surface area contributed by atoms with Crippen molar-refractivity contribution in [1.29, 1.82) is 0 Å². The number of anilines is 1. The summed E-state index contributed by atoms with van der Waals surface area (Å²) in [6, 6.07) is 23.1. The van der Waals surface area contributed by atoms with Crippen molar-refractivity contribution in [3.63, 3.8) is 0 Å². The number of amidine groups is 1. The number of carbonyl (C=O) groups excluding carboxylic acids is 3. The predicted molar refractivity (Wildman–Crippen MR) is 137 cm³/mol. The van der Waals surface area contributed by atoms with Gasteiger partial charge >= 0.3 is 5.97 Å². The van der Waals surface area contributed by atoms with Crippen LogP contribution in [0, 0.1) is 6.92 Å². The van der Waals surface area contributed by atoms with E-state index in [-0.39, 0.29) is 23.4 Å². The number of ether oxygens (including phenoxy) is 1. The maximum atomic E-state index is 12.5. The number of rotatable bonds is 7. The summed E-state index contributed by atoms with van der Waals surface area (Å²) < 4.78 is 5.52. The van der Waals surface area contributed by atoms with Gasteiger partial charge in [-0.2, -0.15) is 5.10 Å². The van der Waals surface area contributed by atoms with Crippen molar-refractivity contribution in [3.05, 3.63) is 95.6 Å². The van der Waals surface area contributed by atoms with Gasteiger partial charge in [0.15, 0.2) is 5.17 Å². The number of thioether (sulfide) groups is 1. The van der Waals surface area contributed by atoms with Gasteiger partial charge in [-0.25, -0.2) is 4.79 Å². The summed E-state index contributed by atoms with van der Waals surface area (Å²) in [5.41, 5.74) is 2.70. The molecule has 0 radical (unpaired) electrons. The van der Waals surface area contributed by atoms with E-state index in [2.05, 4.69) is 20.8 Å². The molecule has 35 heavy (non-hydrogen) atoms. The monoisotopic (exact) mass is 486 g/mol. The van der Waals surface area contributed by atoms with Gasteiger partial charge in [0.2, 0.25) is 11.8 Å². The van der Waals surface area contributed by atoms with Gasteiger partial charge in [-0.05, 0) is 43.3 Å². The van der Waals surface area contributed by atoms with Crippen LogP contribution in [-0.2, 0) is 9.59 Å². The highest BCUT2D eigenvalue weighted by molar-refractivity contribution is 8.15. The second-order valence-electron chi connectivity index (χ2n) is 7.66. The largest absolute Gasteiger partial charge is 0.422 e. The molecule has 1 heterocycles. The molecule has 1 aliphatic heterocycles. The molecule has 3 aromatic carbocycles. The van der Waals surface area contributed by atoms with Gasteiger partial charge in [-0.15, -0.1) is 5.10 Å². The van der Waals surface area contributed by atoms with E-state index in [1.807, 2.05) is 37.3 Å². The van der Waals surface area contributed by atoms with Crippen molar-refractivity contribution in [2.75, 3.05) is 5.32 Å². The smallest absolute Gasteiger partial charge is 0.343 e. The average Bonchev–Trinajstić information content (AvgIpc) is 3.19. The lowest BCUT2D eigenvalue weighted by molar-refractivity contribution is -0.122. The SMILES string of the molecule is Cc1ccc(C(=O)Oc2ccccc2/C=N\N=C2\NC(=O)[C@H](CC(=O)Nc3ccccc3)S2)cc1. The molecule has 0 aliphatic carbocycles. The van der Waals surface area contributed by atoms with E-state index in [4.69, 9.17) is 4.74 Å². The van der Waals surface area contributed by atoms with Crippen LogP contribution in [0.4, 0.5) is 5.69 Å². The fourth-order valence-corrected chi connectivity index (χ4v) is 4.08. The molecule has 8 nitrogen and oxygen atoms in total. The molecular weight excluding hydrogens is 464 g/mol. The van der Waals surface area contributed by atoms with E-state index in [0.717, 1.165) is 17.3 Å². The topological polar surface area (TPSA) is 109 Å². The lowest BCUT2D eigenvalue weighted by atomic mass is 10.1. The molecule has 2 amide bonds. The number of nitrogens with one attached hydrogen (secondary N) is 2. The normalized spacial score (nSPS) is 16.3. The quantitative estimate of drug-likeness (QED) is 0.226. The zero-order valence-electron chi connectivity index (χ0n) is 18.8. The first-order valence-electron chi connectivity index (χ1n) is 10.8. The number of amides is 2. The molecule has 1 aliphatic rings. The first kappa shape index (κ1) is 23.9. The number of benzene rings is 3. The molecule has 0 unspecified atom stereocenters. The number of nitrogens with zero attached hydrogens (tertiary/aromatic N) is 2. The van der Waals surface area contributed by atoms with E-state index < -0.39 is 11.2 Å². The van der Waals surface area contributed by atoms with Crippen molar-refractivity contribution < 1.29 is 19.1 Å². The Hall–Kier alpha value is -4.24. The maximum absolute atomic E-state index is 12.5. The third kappa shape index (κ3) is 6.64. The summed E-state index contributed by atoms with van der Waals surface area (Å²) in [7, 11) is 0. The second-order valence-corrected chi connectivity index (χ2v) is 8.85. The van der Waals surface area contributed by atoms with Crippen molar-refractivity contribution in [2.45, 2.75) is 18.6 Å². The highest BCUT2D eigenvalue weighted by Gasteiger charge is 2.32. The number of esters is 1. The Morgan fingerprint density at radius 1 is 1.03 bits per heavy atom. The molecule has 176 valence electrons. The van der Waals surface area contributed by atoms with Crippen molar-refractivity contribution in [1.82, 2.24) is 5.32 Å². The Kier molecular flexibility index (Phi) is 7.69. The van der Waals surface area contributed by atoms with Crippen LogP contribution in [0.1, 0.15) is 27.9 Å². The molecule has 4 rings (SSSR count). The fraction of sp³-hybridized carbons (Fsp3) is 0.115. The Morgan fingerprint density at radius 3 is 2.51 bits per heavy atom. The van der Waals surface area contributed by atoms with Crippen LogP contribution in [0.5, 0.6) is 5.75 Å². The van der Waals surface area contributed by atoms with Gasteiger partial charge in [-0.1, -0.05) is 59.8 Å². The molecule has 0 aromatic heterocycles. The first-order valence-corrected chi connectivity index (χ1v) is 11.7. The summed E-state index contributed by atoms with van der Waals surface area (Å²) in [5.74, 6) is -0.717. The number of para-hydroxylation sites is 2. The Bertz CT molecular complexity index is 1290. The van der Waals surface area contributed by atoms with Crippen LogP contribution in [0.25, 0.3) is 0 Å². The zero-order valence-corrected chi connectivity index (χ0v) is 19.6. The van der Waals surface area contributed by atoms with Crippen LogP contribution in [-0.4, -0.2) is 34.4 Å². The van der Waals surface area contributed by atoms with Gasteiger partial charge in [0, 0.05) is 17.7 Å². The summed E-state index contributed by atoms with van der Waals surface area (Å²) in [6.45, 7) is 1.94. The van der Waals surface area contributed by atoms with Gasteiger partial charge in [0.1, 0.15) is 11.0 Å². The van der Waals surface area contributed by atoms with Crippen LogP contribution in [0.3, 0.4) is 0 Å². The zero-order chi connectivity index (χ0) is 24.6. The van der Waals surface area contributed by atoms with E-state index in [1.54, 1.807) is 48.5 Å². The van der Waals surface area contributed by atoms with Gasteiger partial charge < -0.3 is 15.4 Å². The third-order valence-electron chi connectivity index (χ3n) is 4.96. The van der Waals surface area contributed by atoms with E-state index in [9.17, 15) is 14.4 Å². The van der Waals surface area contributed by atoms with Crippen molar-refractivity contribution in [3.8, 4) is 5.75 Å². The first-order chi connectivity index (χ1) is 17.0. The van der Waals surface area contributed by atoms with Gasteiger partial charge in [0.25, 0.3) is 0 Å². The molecule has 0 spiro atoms. The van der Waals surface area contributed by atoms with Gasteiger partial charge in [-0.3, -0.25) is 9.59 Å². The van der Waals surface area contributed by atoms with E-state index >= 15 is 0 Å². The van der Waals surface area contributed by atoms with Gasteiger partial charge in [0.05, 0.1) is 11.8 Å². The fourth-order valence-electron chi connectivity index (χ4n) is 3.16. The second kappa shape index (κ2) is 11.3. The predicted octanol–water partition coefficient (Wildman–Crippen LogP) is 4.16. The van der Waals surface area contributed by atoms with E-state index in [0.29, 0.717) is 22.6 Å². The standard InChI is InChI=1S/C26H22N4O4S/c1-17-11-13-18(14-12-17)25(33)34-21-10-6-5-7-19(21)16-27-30-26-29-24(32)22(35-26)15-23(31)28-20-8-3-2-4-9-20/h2-14,16,22H,15H2,1H3,(H,28,31)(H,29,30,32)/b27-16-/t22-/m0/s1. The number of carbonyl (C=O) groups is 3. The molecule has 0 bridgehead atoms. The Balaban J connectivity index is 1.36. The Morgan fingerprint density at radius 2 is 1.74 bits per heavy atom. The van der Waals surface area contributed by atoms with Crippen LogP contribution in [0.2, 0.25) is 0 Å². The molecule has 2 N–H and O–H groups in total. The van der Waals surface area contributed by atoms with Crippen LogP contribution in [0.15, 0.2) is 89.1 Å². The van der Waals surface area contributed by atoms with Crippen LogP contribution < -0.4 is 15.4 Å². The highest BCUT2D eigenvalue weighted by atomic mass is 32.2. The number of hydrogen-bond acceptors (Lipinski definition) is 7. The summed E-state index contributed by atoms with van der Waals surface area (Å²) >= 11 is 1.14. The lowest BCUT2D eigenvalue weighted by Crippen LogP contribution is -2.28.